The summed E-state index contributed by atoms with van der Waals surface area (Å²) in [6.07, 6.45) is 0. The maximum atomic E-state index is 13.8. The van der Waals surface area contributed by atoms with Crippen LogP contribution in [0.1, 0.15) is 34.3 Å². The largest absolute Gasteiger partial charge is 0.384 e. The minimum atomic E-state index is -0.631. The fourth-order valence-corrected chi connectivity index (χ4v) is 2.17. The van der Waals surface area contributed by atoms with E-state index in [-0.39, 0.29) is 11.5 Å². The van der Waals surface area contributed by atoms with Crippen LogP contribution in [0, 0.1) is 12.7 Å². The van der Waals surface area contributed by atoms with Gasteiger partial charge in [-0.05, 0) is 30.5 Å². The van der Waals surface area contributed by atoms with Gasteiger partial charge in [-0.2, -0.15) is 0 Å². The second-order valence-corrected chi connectivity index (χ2v) is 5.19. The Morgan fingerprint density at radius 3 is 2.57 bits per heavy atom. The number of carbonyl (C=O) groups is 1. The van der Waals surface area contributed by atoms with Crippen molar-refractivity contribution in [3.05, 3.63) is 65.0 Å². The molecule has 0 aliphatic rings. The number of anilines is 1. The van der Waals surface area contributed by atoms with Gasteiger partial charge < -0.3 is 11.1 Å². The SMILES string of the molecule is Cc1c(F)cc(C(N)=O)cc1NCC(C)c1ccccc1. The van der Waals surface area contributed by atoms with Crippen LogP contribution in [0.4, 0.5) is 10.1 Å². The first kappa shape index (κ1) is 15.0. The predicted octanol–water partition coefficient (Wildman–Crippen LogP) is 3.45. The first-order valence-corrected chi connectivity index (χ1v) is 6.87. The normalized spacial score (nSPS) is 12.0. The van der Waals surface area contributed by atoms with Gasteiger partial charge >= 0.3 is 0 Å². The summed E-state index contributed by atoms with van der Waals surface area (Å²) in [4.78, 5) is 11.2. The number of rotatable bonds is 5. The zero-order valence-corrected chi connectivity index (χ0v) is 12.2. The molecule has 0 heterocycles. The Morgan fingerprint density at radius 1 is 1.29 bits per heavy atom. The molecular formula is C17H19FN2O. The molecule has 3 nitrogen and oxygen atoms in total. The van der Waals surface area contributed by atoms with Crippen molar-refractivity contribution in [2.75, 3.05) is 11.9 Å². The van der Waals surface area contributed by atoms with E-state index in [9.17, 15) is 9.18 Å². The van der Waals surface area contributed by atoms with Crippen molar-refractivity contribution in [2.24, 2.45) is 5.73 Å². The Bertz CT molecular complexity index is 641. The van der Waals surface area contributed by atoms with Crippen molar-refractivity contribution in [1.82, 2.24) is 0 Å². The van der Waals surface area contributed by atoms with Crippen LogP contribution in [0.3, 0.4) is 0 Å². The molecule has 110 valence electrons. The van der Waals surface area contributed by atoms with Crippen molar-refractivity contribution in [3.63, 3.8) is 0 Å². The monoisotopic (exact) mass is 286 g/mol. The number of carbonyl (C=O) groups excluding carboxylic acids is 1. The first-order valence-electron chi connectivity index (χ1n) is 6.87. The van der Waals surface area contributed by atoms with Crippen LogP contribution in [0.15, 0.2) is 42.5 Å². The predicted molar refractivity (Wildman–Crippen MR) is 83.0 cm³/mol. The highest BCUT2D eigenvalue weighted by molar-refractivity contribution is 5.94. The molecule has 1 atom stereocenters. The molecule has 2 aromatic rings. The Hall–Kier alpha value is -2.36. The number of nitrogens with one attached hydrogen (secondary N) is 1. The third-order valence-electron chi connectivity index (χ3n) is 3.60. The summed E-state index contributed by atoms with van der Waals surface area (Å²) in [5.74, 6) is -0.792. The average Bonchev–Trinajstić information content (AvgIpc) is 2.49. The lowest BCUT2D eigenvalue weighted by molar-refractivity contribution is 0.1000. The number of hydrogen-bond donors (Lipinski definition) is 2. The molecule has 2 aromatic carbocycles. The zero-order valence-electron chi connectivity index (χ0n) is 12.2. The molecule has 0 aliphatic heterocycles. The molecule has 2 rings (SSSR count). The molecule has 0 aromatic heterocycles. The highest BCUT2D eigenvalue weighted by Crippen LogP contribution is 2.22. The summed E-state index contributed by atoms with van der Waals surface area (Å²) >= 11 is 0. The van der Waals surface area contributed by atoms with Crippen LogP contribution in [-0.2, 0) is 0 Å². The van der Waals surface area contributed by atoms with E-state index >= 15 is 0 Å². The molecular weight excluding hydrogens is 267 g/mol. The molecule has 0 saturated heterocycles. The Labute approximate surface area is 124 Å². The van der Waals surface area contributed by atoms with Crippen LogP contribution in [0.2, 0.25) is 0 Å². The molecule has 1 unspecified atom stereocenters. The van der Waals surface area contributed by atoms with Crippen molar-refractivity contribution in [1.29, 1.82) is 0 Å². The number of benzene rings is 2. The Kier molecular flexibility index (Phi) is 4.58. The van der Waals surface area contributed by atoms with Gasteiger partial charge in [0.2, 0.25) is 5.91 Å². The number of nitrogens with two attached hydrogens (primary N) is 1. The fraction of sp³-hybridized carbons (Fsp3) is 0.235. The number of primary amides is 1. The summed E-state index contributed by atoms with van der Waals surface area (Å²) in [5.41, 5.74) is 7.68. The lowest BCUT2D eigenvalue weighted by Crippen LogP contribution is -2.15. The van der Waals surface area contributed by atoms with Gasteiger partial charge in [-0.3, -0.25) is 4.79 Å². The van der Waals surface area contributed by atoms with E-state index in [4.69, 9.17) is 5.73 Å². The molecule has 0 spiro atoms. The molecule has 0 radical (unpaired) electrons. The first-order chi connectivity index (χ1) is 9.99. The number of amides is 1. The Balaban J connectivity index is 2.14. The standard InChI is InChI=1S/C17H19FN2O/c1-11(13-6-4-3-5-7-13)10-20-16-9-14(17(19)21)8-15(18)12(16)2/h3-9,11,20H,10H2,1-2H3,(H2,19,21). The molecule has 0 bridgehead atoms. The van der Waals surface area contributed by atoms with E-state index < -0.39 is 11.7 Å². The Morgan fingerprint density at radius 2 is 1.95 bits per heavy atom. The molecule has 4 heteroatoms. The van der Waals surface area contributed by atoms with Crippen molar-refractivity contribution >= 4 is 11.6 Å². The minimum Gasteiger partial charge on any atom is -0.384 e. The lowest BCUT2D eigenvalue weighted by atomic mass is 10.0. The van der Waals surface area contributed by atoms with Crippen molar-refractivity contribution in [3.8, 4) is 0 Å². The van der Waals surface area contributed by atoms with Gasteiger partial charge in [0.25, 0.3) is 0 Å². The molecule has 0 fully saturated rings. The second-order valence-electron chi connectivity index (χ2n) is 5.19. The van der Waals surface area contributed by atoms with Gasteiger partial charge in [-0.25, -0.2) is 4.39 Å². The maximum Gasteiger partial charge on any atom is 0.248 e. The van der Waals surface area contributed by atoms with Crippen molar-refractivity contribution in [2.45, 2.75) is 19.8 Å². The molecule has 3 N–H and O–H groups in total. The molecule has 0 saturated carbocycles. The van der Waals surface area contributed by atoms with Crippen LogP contribution in [0.5, 0.6) is 0 Å². The van der Waals surface area contributed by atoms with Gasteiger partial charge in [0.15, 0.2) is 0 Å². The second kappa shape index (κ2) is 6.39. The van der Waals surface area contributed by atoms with E-state index in [0.717, 1.165) is 0 Å². The van der Waals surface area contributed by atoms with Crippen LogP contribution in [0.25, 0.3) is 0 Å². The average molecular weight is 286 g/mol. The molecule has 21 heavy (non-hydrogen) atoms. The van der Waals surface area contributed by atoms with E-state index in [1.807, 2.05) is 18.2 Å². The molecule has 1 amide bonds. The van der Waals surface area contributed by atoms with E-state index in [1.165, 1.54) is 11.6 Å². The van der Waals surface area contributed by atoms with Crippen LogP contribution < -0.4 is 11.1 Å². The van der Waals surface area contributed by atoms with Crippen LogP contribution >= 0.6 is 0 Å². The van der Waals surface area contributed by atoms with Crippen LogP contribution in [-0.4, -0.2) is 12.5 Å². The van der Waals surface area contributed by atoms with E-state index in [0.29, 0.717) is 17.8 Å². The highest BCUT2D eigenvalue weighted by atomic mass is 19.1. The van der Waals surface area contributed by atoms with E-state index in [1.54, 1.807) is 13.0 Å². The van der Waals surface area contributed by atoms with Gasteiger partial charge in [0.1, 0.15) is 5.82 Å². The summed E-state index contributed by atoms with van der Waals surface area (Å²) in [6.45, 7) is 4.41. The number of hydrogen-bond acceptors (Lipinski definition) is 2. The van der Waals surface area contributed by atoms with E-state index in [2.05, 4.69) is 24.4 Å². The summed E-state index contributed by atoms with van der Waals surface area (Å²) < 4.78 is 13.8. The van der Waals surface area contributed by atoms with Gasteiger partial charge in [-0.1, -0.05) is 37.3 Å². The number of halogens is 1. The third kappa shape index (κ3) is 3.60. The molecule has 0 aliphatic carbocycles. The third-order valence-corrected chi connectivity index (χ3v) is 3.60. The van der Waals surface area contributed by atoms with Gasteiger partial charge in [0, 0.05) is 23.4 Å². The highest BCUT2D eigenvalue weighted by Gasteiger charge is 2.11. The fourth-order valence-electron chi connectivity index (χ4n) is 2.17. The maximum absolute atomic E-state index is 13.8. The van der Waals surface area contributed by atoms with Gasteiger partial charge in [-0.15, -0.1) is 0 Å². The van der Waals surface area contributed by atoms with Gasteiger partial charge in [0.05, 0.1) is 0 Å². The zero-order chi connectivity index (χ0) is 15.4. The quantitative estimate of drug-likeness (QED) is 0.884. The topological polar surface area (TPSA) is 55.1 Å². The summed E-state index contributed by atoms with van der Waals surface area (Å²) in [6, 6.07) is 12.8. The van der Waals surface area contributed by atoms with Crippen molar-refractivity contribution < 1.29 is 9.18 Å². The lowest BCUT2D eigenvalue weighted by Gasteiger charge is -2.16. The summed E-state index contributed by atoms with van der Waals surface area (Å²) in [5, 5.41) is 3.20. The summed E-state index contributed by atoms with van der Waals surface area (Å²) in [7, 11) is 0. The minimum absolute atomic E-state index is 0.174. The smallest absolute Gasteiger partial charge is 0.248 e.